The van der Waals surface area contributed by atoms with E-state index in [9.17, 15) is 0 Å². The second-order valence-corrected chi connectivity index (χ2v) is 18.0. The van der Waals surface area contributed by atoms with E-state index in [0.29, 0.717) is 0 Å². The molecule has 0 aliphatic heterocycles. The molecule has 6 unspecified atom stereocenters. The van der Waals surface area contributed by atoms with Crippen molar-refractivity contribution in [1.82, 2.24) is 0 Å². The largest absolute Gasteiger partial charge is 0.101 e. The van der Waals surface area contributed by atoms with Crippen molar-refractivity contribution >= 4 is 21.5 Å². The fourth-order valence-corrected chi connectivity index (χ4v) is 13.7. The molecule has 58 heavy (non-hydrogen) atoms. The lowest BCUT2D eigenvalue weighted by atomic mass is 9.42. The molecule has 0 nitrogen and oxygen atoms in total. The zero-order valence-corrected chi connectivity index (χ0v) is 33.0. The standard InChI is InChI=1S/C58H38/c1-5-14-41-49-51(54-40-20-11-13-22-46(40)57(54)45-21-12-10-19-39(45)53(49)57)42(24-23-34-26-32(3)31(2)25-33(34)4)52-50(41)55-43-27-35-15-6-8-17-37(35)29-47(43)58(55)48-30-38-18-9-7-16-36(38)28-44(48)56(52)58/h6-13,15-22,25-30,53-56H,1-4H3. The van der Waals surface area contributed by atoms with Gasteiger partial charge in [0.15, 0.2) is 0 Å². The number of benzene rings is 8. The smallest absolute Gasteiger partial charge is 0.0428 e. The number of aryl methyl sites for hydroxylation is 3. The van der Waals surface area contributed by atoms with Crippen molar-refractivity contribution in [3.63, 3.8) is 0 Å². The predicted molar refractivity (Wildman–Crippen MR) is 235 cm³/mol. The molecule has 6 aliphatic carbocycles. The molecular weight excluding hydrogens is 697 g/mol. The molecule has 8 aromatic carbocycles. The van der Waals surface area contributed by atoms with Crippen LogP contribution in [0.15, 0.2) is 133 Å². The Morgan fingerprint density at radius 2 is 0.793 bits per heavy atom. The number of fused-ring (bicyclic) bond motifs is 16. The molecule has 0 fully saturated rings. The predicted octanol–water partition coefficient (Wildman–Crippen LogP) is 12.5. The zero-order chi connectivity index (χ0) is 38.4. The highest BCUT2D eigenvalue weighted by Crippen LogP contribution is 2.82. The highest BCUT2D eigenvalue weighted by Gasteiger charge is 2.74. The van der Waals surface area contributed by atoms with Gasteiger partial charge in [0.25, 0.3) is 0 Å². The third-order valence-electron chi connectivity index (χ3n) is 15.8. The summed E-state index contributed by atoms with van der Waals surface area (Å²) in [6, 6.07) is 51.3. The van der Waals surface area contributed by atoms with Crippen LogP contribution in [0.4, 0.5) is 0 Å². The van der Waals surface area contributed by atoms with Crippen molar-refractivity contribution in [2.45, 2.75) is 62.2 Å². The first-order valence-corrected chi connectivity index (χ1v) is 21.0. The molecule has 0 radical (unpaired) electrons. The minimum atomic E-state index is -0.154. The second-order valence-electron chi connectivity index (χ2n) is 18.0. The van der Waals surface area contributed by atoms with E-state index in [2.05, 4.69) is 178 Å². The van der Waals surface area contributed by atoms with Crippen molar-refractivity contribution < 1.29 is 0 Å². The monoisotopic (exact) mass is 734 g/mol. The number of rotatable bonds is 0. The minimum absolute atomic E-state index is 0.0832. The Kier molecular flexibility index (Phi) is 5.58. The van der Waals surface area contributed by atoms with E-state index in [1.165, 1.54) is 116 Å². The fourth-order valence-electron chi connectivity index (χ4n) is 13.7. The Bertz CT molecular complexity index is 3440. The van der Waals surface area contributed by atoms with Gasteiger partial charge < -0.3 is 0 Å². The normalized spacial score (nSPS) is 24.4. The van der Waals surface area contributed by atoms with Gasteiger partial charge in [-0.05, 0) is 151 Å². The summed E-state index contributed by atoms with van der Waals surface area (Å²) in [6.07, 6.45) is 0. The molecule has 6 aliphatic rings. The molecular formula is C58H38. The van der Waals surface area contributed by atoms with E-state index in [4.69, 9.17) is 0 Å². The summed E-state index contributed by atoms with van der Waals surface area (Å²) in [4.78, 5) is 0. The Morgan fingerprint density at radius 3 is 1.31 bits per heavy atom. The highest BCUT2D eigenvalue weighted by molar-refractivity contribution is 5.96. The molecule has 270 valence electrons. The fraction of sp³-hybridized carbons (Fsp3) is 0.172. The average molecular weight is 735 g/mol. The molecule has 2 spiro atoms. The van der Waals surface area contributed by atoms with Crippen molar-refractivity contribution in [1.29, 1.82) is 0 Å². The maximum absolute atomic E-state index is 4.11. The molecule has 14 rings (SSSR count). The SMILES string of the molecule is CC#Cc1c2c(c(C#Cc3cc(C)c(C)cc3C)c3c1C1c4cc5ccccc5cc4C14c1cc5ccccc5cc1C34)C1c3ccccc3C13c1ccccc1C23. The Labute approximate surface area is 339 Å². The van der Waals surface area contributed by atoms with Crippen molar-refractivity contribution in [2.75, 3.05) is 0 Å². The van der Waals surface area contributed by atoms with Gasteiger partial charge in [0.05, 0.1) is 0 Å². The molecule has 0 aromatic heterocycles. The van der Waals surface area contributed by atoms with E-state index < -0.39 is 0 Å². The maximum atomic E-state index is 4.11. The van der Waals surface area contributed by atoms with Crippen LogP contribution in [-0.2, 0) is 10.8 Å². The van der Waals surface area contributed by atoms with E-state index >= 15 is 0 Å². The lowest BCUT2D eigenvalue weighted by Gasteiger charge is -2.59. The van der Waals surface area contributed by atoms with Gasteiger partial charge in [-0.3, -0.25) is 0 Å². The molecule has 6 atom stereocenters. The second kappa shape index (κ2) is 10.3. The quantitative estimate of drug-likeness (QED) is 0.136. The molecule has 0 N–H and O–H groups in total. The Hall–Kier alpha value is -6.60. The lowest BCUT2D eigenvalue weighted by molar-refractivity contribution is 0.327. The van der Waals surface area contributed by atoms with Gasteiger partial charge in [-0.25, -0.2) is 0 Å². The van der Waals surface area contributed by atoms with Gasteiger partial charge in [-0.15, -0.1) is 5.92 Å². The molecule has 0 amide bonds. The Morgan fingerprint density at radius 1 is 0.379 bits per heavy atom. The minimum Gasteiger partial charge on any atom is -0.101 e. The average Bonchev–Trinajstić information content (AvgIpc) is 3.60. The summed E-state index contributed by atoms with van der Waals surface area (Å²) in [5, 5.41) is 5.27. The number of hydrogen-bond donors (Lipinski definition) is 0. The summed E-state index contributed by atoms with van der Waals surface area (Å²) < 4.78 is 0. The van der Waals surface area contributed by atoms with Gasteiger partial charge in [0, 0.05) is 51.2 Å². The van der Waals surface area contributed by atoms with E-state index in [1.807, 2.05) is 6.92 Å². The van der Waals surface area contributed by atoms with E-state index in [1.54, 1.807) is 0 Å². The molecule has 0 saturated heterocycles. The van der Waals surface area contributed by atoms with E-state index in [0.717, 1.165) is 5.56 Å². The third kappa shape index (κ3) is 3.23. The summed E-state index contributed by atoms with van der Waals surface area (Å²) in [7, 11) is 0. The van der Waals surface area contributed by atoms with Crippen LogP contribution in [0.1, 0.15) is 131 Å². The summed E-state index contributed by atoms with van der Waals surface area (Å²) in [6.45, 7) is 8.70. The first-order valence-electron chi connectivity index (χ1n) is 21.0. The zero-order valence-electron chi connectivity index (χ0n) is 33.0. The number of hydrogen-bond acceptors (Lipinski definition) is 0. The molecule has 0 heterocycles. The van der Waals surface area contributed by atoms with Crippen LogP contribution in [0.25, 0.3) is 21.5 Å². The molecule has 0 bridgehead atoms. The summed E-state index contributed by atoms with van der Waals surface area (Å²) >= 11 is 0. The summed E-state index contributed by atoms with van der Waals surface area (Å²) in [5.41, 5.74) is 25.0. The van der Waals surface area contributed by atoms with Crippen molar-refractivity contribution in [3.05, 3.63) is 234 Å². The van der Waals surface area contributed by atoms with Crippen LogP contribution in [-0.4, -0.2) is 0 Å². The molecule has 0 saturated carbocycles. The van der Waals surface area contributed by atoms with Gasteiger partial charge in [0.1, 0.15) is 0 Å². The summed E-state index contributed by atoms with van der Waals surface area (Å²) in [5.74, 6) is 16.3. The van der Waals surface area contributed by atoms with Gasteiger partial charge in [0.2, 0.25) is 0 Å². The van der Waals surface area contributed by atoms with Crippen LogP contribution < -0.4 is 0 Å². The topological polar surface area (TPSA) is 0 Å². The first kappa shape index (κ1) is 31.5. The van der Waals surface area contributed by atoms with Crippen LogP contribution in [0.5, 0.6) is 0 Å². The highest BCUT2D eigenvalue weighted by atomic mass is 14.7. The first-order chi connectivity index (χ1) is 28.5. The van der Waals surface area contributed by atoms with Crippen LogP contribution >= 0.6 is 0 Å². The Balaban J connectivity index is 1.16. The van der Waals surface area contributed by atoms with Crippen molar-refractivity contribution in [2.24, 2.45) is 0 Å². The third-order valence-corrected chi connectivity index (χ3v) is 15.8. The molecule has 8 aromatic rings. The van der Waals surface area contributed by atoms with Crippen LogP contribution in [0, 0.1) is 44.5 Å². The van der Waals surface area contributed by atoms with Crippen molar-refractivity contribution in [3.8, 4) is 23.7 Å². The maximum Gasteiger partial charge on any atom is 0.0428 e. The van der Waals surface area contributed by atoms with Crippen LogP contribution in [0.3, 0.4) is 0 Å². The molecule has 0 heteroatoms. The van der Waals surface area contributed by atoms with Gasteiger partial charge in [-0.2, -0.15) is 0 Å². The lowest BCUT2D eigenvalue weighted by Crippen LogP contribution is -2.53. The van der Waals surface area contributed by atoms with Gasteiger partial charge >= 0.3 is 0 Å². The van der Waals surface area contributed by atoms with Gasteiger partial charge in [-0.1, -0.05) is 133 Å². The van der Waals surface area contributed by atoms with Crippen LogP contribution in [0.2, 0.25) is 0 Å². The van der Waals surface area contributed by atoms with E-state index in [-0.39, 0.29) is 34.5 Å².